The molecule has 0 aromatic carbocycles. The van der Waals surface area contributed by atoms with Crippen LogP contribution >= 0.6 is 11.3 Å². The first-order valence-corrected chi connectivity index (χ1v) is 9.11. The Bertz CT molecular complexity index is 591. The fraction of sp³-hybridized carbons (Fsp3) is 0.588. The van der Waals surface area contributed by atoms with Gasteiger partial charge in [-0.15, -0.1) is 0 Å². The molecular formula is C17H23N3OS. The van der Waals surface area contributed by atoms with E-state index in [0.29, 0.717) is 5.92 Å². The van der Waals surface area contributed by atoms with Crippen molar-refractivity contribution in [3.05, 3.63) is 40.6 Å². The summed E-state index contributed by atoms with van der Waals surface area (Å²) in [7, 11) is 0. The van der Waals surface area contributed by atoms with Crippen molar-refractivity contribution < 1.29 is 4.74 Å². The fourth-order valence-corrected chi connectivity index (χ4v) is 3.85. The largest absolute Gasteiger partial charge is 0.381 e. The molecule has 0 saturated heterocycles. The second-order valence-corrected chi connectivity index (χ2v) is 7.47. The van der Waals surface area contributed by atoms with Crippen LogP contribution in [0.2, 0.25) is 0 Å². The van der Waals surface area contributed by atoms with Gasteiger partial charge in [0.2, 0.25) is 0 Å². The Morgan fingerprint density at radius 1 is 1.23 bits per heavy atom. The first-order chi connectivity index (χ1) is 10.9. The van der Waals surface area contributed by atoms with E-state index < -0.39 is 0 Å². The summed E-state index contributed by atoms with van der Waals surface area (Å²) in [6.07, 6.45) is 6.70. The van der Waals surface area contributed by atoms with E-state index in [2.05, 4.69) is 31.3 Å². The lowest BCUT2D eigenvalue weighted by Crippen LogP contribution is -2.30. The van der Waals surface area contributed by atoms with E-state index in [1.54, 1.807) is 11.3 Å². The van der Waals surface area contributed by atoms with Crippen LogP contribution in [0.15, 0.2) is 29.4 Å². The van der Waals surface area contributed by atoms with Gasteiger partial charge in [-0.3, -0.25) is 4.90 Å². The highest BCUT2D eigenvalue weighted by molar-refractivity contribution is 7.07. The smallest absolute Gasteiger partial charge is 0.0948 e. The van der Waals surface area contributed by atoms with E-state index in [0.717, 1.165) is 45.3 Å². The number of hydrogen-bond donors (Lipinski definition) is 0. The summed E-state index contributed by atoms with van der Waals surface area (Å²) >= 11 is 1.78. The third kappa shape index (κ3) is 3.59. The molecule has 1 aliphatic carbocycles. The number of ether oxygens (including phenoxy) is 1. The molecule has 4 nitrogen and oxygen atoms in total. The van der Waals surface area contributed by atoms with E-state index >= 15 is 0 Å². The predicted molar refractivity (Wildman–Crippen MR) is 87.7 cm³/mol. The van der Waals surface area contributed by atoms with Gasteiger partial charge in [-0.25, -0.2) is 4.98 Å². The van der Waals surface area contributed by atoms with Gasteiger partial charge in [0.05, 0.1) is 18.6 Å². The average Bonchev–Trinajstić information content (AvgIpc) is 3.06. The highest BCUT2D eigenvalue weighted by atomic mass is 32.1. The Kier molecular flexibility index (Phi) is 4.28. The number of imidazole rings is 1. The van der Waals surface area contributed by atoms with Crippen LogP contribution < -0.4 is 0 Å². The maximum Gasteiger partial charge on any atom is 0.0948 e. The molecule has 0 N–H and O–H groups in total. The van der Waals surface area contributed by atoms with Gasteiger partial charge in [-0.1, -0.05) is 0 Å². The second kappa shape index (κ2) is 6.52. The number of rotatable bonds is 6. The molecule has 5 heteroatoms. The topological polar surface area (TPSA) is 30.3 Å². The molecule has 1 aliphatic heterocycles. The van der Waals surface area contributed by atoms with Crippen LogP contribution in [-0.2, 0) is 24.4 Å². The van der Waals surface area contributed by atoms with Crippen molar-refractivity contribution in [3.63, 3.8) is 0 Å². The van der Waals surface area contributed by atoms with Crippen molar-refractivity contribution in [1.29, 1.82) is 0 Å². The lowest BCUT2D eigenvalue weighted by Gasteiger charge is -2.23. The van der Waals surface area contributed by atoms with Crippen molar-refractivity contribution in [2.24, 2.45) is 11.8 Å². The number of aromatic nitrogens is 2. The number of fused-ring (bicyclic) bond motifs is 1. The summed E-state index contributed by atoms with van der Waals surface area (Å²) in [6.45, 7) is 5.96. The molecule has 1 fully saturated rings. The number of thiophene rings is 1. The molecular weight excluding hydrogens is 294 g/mol. The summed E-state index contributed by atoms with van der Waals surface area (Å²) in [5, 5.41) is 4.41. The van der Waals surface area contributed by atoms with Crippen LogP contribution in [0.4, 0.5) is 0 Å². The lowest BCUT2D eigenvalue weighted by atomic mass is 10.1. The monoisotopic (exact) mass is 317 g/mol. The van der Waals surface area contributed by atoms with Crippen LogP contribution in [0.25, 0.3) is 0 Å². The van der Waals surface area contributed by atoms with E-state index in [1.807, 2.05) is 12.5 Å². The first-order valence-electron chi connectivity index (χ1n) is 8.17. The molecule has 2 aliphatic rings. The van der Waals surface area contributed by atoms with Gasteiger partial charge in [-0.2, -0.15) is 11.3 Å². The highest BCUT2D eigenvalue weighted by Crippen LogP contribution is 2.29. The van der Waals surface area contributed by atoms with Gasteiger partial charge in [0.1, 0.15) is 0 Å². The van der Waals surface area contributed by atoms with E-state index in [9.17, 15) is 0 Å². The molecule has 1 atom stereocenters. The molecule has 2 aromatic rings. The Hall–Kier alpha value is -1.17. The average molecular weight is 317 g/mol. The van der Waals surface area contributed by atoms with E-state index in [-0.39, 0.29) is 0 Å². The SMILES string of the molecule is c1cc(CN2Cc3cncn3C[C@H](COCC3CC3)C2)cs1. The van der Waals surface area contributed by atoms with Gasteiger partial charge < -0.3 is 9.30 Å². The Labute approximate surface area is 135 Å². The molecule has 0 bridgehead atoms. The Morgan fingerprint density at radius 3 is 2.95 bits per heavy atom. The van der Waals surface area contributed by atoms with Crippen LogP contribution in [0.1, 0.15) is 24.1 Å². The fourth-order valence-electron chi connectivity index (χ4n) is 3.19. The standard InChI is InChI=1S/C17H23N3OS/c1-2-14(1)10-21-11-16-7-19(6-15-3-4-22-12-15)9-17-5-18-13-20(17)8-16/h3-5,12-14,16H,1-2,6-11H2/t16-/m1/s1. The third-order valence-corrected chi connectivity index (χ3v) is 5.28. The molecule has 4 rings (SSSR count). The van der Waals surface area contributed by atoms with Gasteiger partial charge in [0.15, 0.2) is 0 Å². The minimum atomic E-state index is 0.549. The molecule has 2 aromatic heterocycles. The van der Waals surface area contributed by atoms with Crippen LogP contribution in [0.5, 0.6) is 0 Å². The zero-order chi connectivity index (χ0) is 14.8. The summed E-state index contributed by atoms with van der Waals surface area (Å²) in [4.78, 5) is 6.86. The Morgan fingerprint density at radius 2 is 2.14 bits per heavy atom. The minimum absolute atomic E-state index is 0.549. The van der Waals surface area contributed by atoms with Crippen molar-refractivity contribution in [2.75, 3.05) is 19.8 Å². The molecule has 0 unspecified atom stereocenters. The molecule has 0 amide bonds. The lowest BCUT2D eigenvalue weighted by molar-refractivity contribution is 0.0705. The van der Waals surface area contributed by atoms with Gasteiger partial charge >= 0.3 is 0 Å². The van der Waals surface area contributed by atoms with Crippen molar-refractivity contribution >= 4 is 11.3 Å². The summed E-state index contributed by atoms with van der Waals surface area (Å²) < 4.78 is 8.27. The summed E-state index contributed by atoms with van der Waals surface area (Å²) in [5.41, 5.74) is 2.73. The van der Waals surface area contributed by atoms with Gasteiger partial charge in [0.25, 0.3) is 0 Å². The van der Waals surface area contributed by atoms with Crippen molar-refractivity contribution in [2.45, 2.75) is 32.5 Å². The van der Waals surface area contributed by atoms with E-state index in [1.165, 1.54) is 24.1 Å². The van der Waals surface area contributed by atoms with E-state index in [4.69, 9.17) is 4.74 Å². The normalized spacial score (nSPS) is 22.5. The van der Waals surface area contributed by atoms with Crippen molar-refractivity contribution in [3.8, 4) is 0 Å². The molecule has 0 radical (unpaired) electrons. The zero-order valence-electron chi connectivity index (χ0n) is 12.9. The number of hydrogen-bond acceptors (Lipinski definition) is 4. The Balaban J connectivity index is 1.42. The maximum absolute atomic E-state index is 5.97. The first kappa shape index (κ1) is 14.4. The van der Waals surface area contributed by atoms with Crippen LogP contribution in [0.3, 0.4) is 0 Å². The number of nitrogens with zero attached hydrogens (tertiary/aromatic N) is 3. The molecule has 3 heterocycles. The maximum atomic E-state index is 5.97. The zero-order valence-corrected chi connectivity index (χ0v) is 13.7. The van der Waals surface area contributed by atoms with Gasteiger partial charge in [0, 0.05) is 44.9 Å². The predicted octanol–water partition coefficient (Wildman–Crippen LogP) is 3.00. The highest BCUT2D eigenvalue weighted by Gasteiger charge is 2.25. The molecule has 118 valence electrons. The second-order valence-electron chi connectivity index (χ2n) is 6.69. The summed E-state index contributed by atoms with van der Waals surface area (Å²) in [6, 6.07) is 2.23. The molecule has 0 spiro atoms. The van der Waals surface area contributed by atoms with Crippen LogP contribution in [0, 0.1) is 11.8 Å². The summed E-state index contributed by atoms with van der Waals surface area (Å²) in [5.74, 6) is 1.39. The van der Waals surface area contributed by atoms with Crippen LogP contribution in [-0.4, -0.2) is 34.2 Å². The quantitative estimate of drug-likeness (QED) is 0.820. The minimum Gasteiger partial charge on any atom is -0.381 e. The molecule has 22 heavy (non-hydrogen) atoms. The van der Waals surface area contributed by atoms with Gasteiger partial charge in [-0.05, 0) is 41.1 Å². The van der Waals surface area contributed by atoms with Crippen molar-refractivity contribution in [1.82, 2.24) is 14.5 Å². The molecule has 1 saturated carbocycles. The third-order valence-electron chi connectivity index (χ3n) is 4.55.